The van der Waals surface area contributed by atoms with Gasteiger partial charge in [-0.15, -0.1) is 0 Å². The van der Waals surface area contributed by atoms with E-state index in [1.807, 2.05) is 30.3 Å². The molecular formula is C20H23BrO5. The van der Waals surface area contributed by atoms with Crippen LogP contribution in [0.2, 0.25) is 0 Å². The molecule has 6 heteroatoms. The number of methoxy groups -OCH3 is 2. The third-order valence-corrected chi connectivity index (χ3v) is 6.49. The lowest BCUT2D eigenvalue weighted by atomic mass is 9.64. The lowest BCUT2D eigenvalue weighted by molar-refractivity contribution is -0.147. The van der Waals surface area contributed by atoms with Gasteiger partial charge in [0.15, 0.2) is 0 Å². The van der Waals surface area contributed by atoms with E-state index in [1.165, 1.54) is 14.2 Å². The van der Waals surface area contributed by atoms with Crippen molar-refractivity contribution in [2.75, 3.05) is 20.8 Å². The third-order valence-electron chi connectivity index (χ3n) is 5.96. The van der Waals surface area contributed by atoms with Gasteiger partial charge in [-0.3, -0.25) is 4.79 Å². The van der Waals surface area contributed by atoms with Crippen LogP contribution in [-0.2, 0) is 23.8 Å². The van der Waals surface area contributed by atoms with Crippen molar-refractivity contribution in [2.24, 2.45) is 10.8 Å². The van der Waals surface area contributed by atoms with E-state index >= 15 is 0 Å². The number of esters is 2. The van der Waals surface area contributed by atoms with Crippen molar-refractivity contribution < 1.29 is 23.8 Å². The van der Waals surface area contributed by atoms with E-state index in [0.29, 0.717) is 18.6 Å². The Bertz CT molecular complexity index is 756. The molecule has 0 saturated carbocycles. The molecule has 1 aliphatic carbocycles. The Balaban J connectivity index is 2.05. The molecule has 0 N–H and O–H groups in total. The van der Waals surface area contributed by atoms with Crippen LogP contribution in [0, 0.1) is 10.8 Å². The Morgan fingerprint density at radius 3 is 2.42 bits per heavy atom. The lowest BCUT2D eigenvalue weighted by Crippen LogP contribution is -2.41. The minimum atomic E-state index is -0.576. The molecule has 3 rings (SSSR count). The molecule has 1 saturated heterocycles. The molecule has 1 aromatic rings. The summed E-state index contributed by atoms with van der Waals surface area (Å²) in [5.41, 5.74) is 0.714. The molecule has 26 heavy (non-hydrogen) atoms. The highest BCUT2D eigenvalue weighted by Gasteiger charge is 2.62. The van der Waals surface area contributed by atoms with Gasteiger partial charge in [0.25, 0.3) is 0 Å². The summed E-state index contributed by atoms with van der Waals surface area (Å²) in [7, 11) is 2.77. The Morgan fingerprint density at radius 2 is 1.85 bits per heavy atom. The SMILES string of the molecule is COC(=O)C1=C[C@@]2(C)[C@@H](C(C(=O)OC)c3ccc(Br)cc3)OC[C@@]2(C)C1. The predicted molar refractivity (Wildman–Crippen MR) is 99.6 cm³/mol. The highest BCUT2D eigenvalue weighted by atomic mass is 79.9. The first-order chi connectivity index (χ1) is 12.3. The van der Waals surface area contributed by atoms with Crippen molar-refractivity contribution in [3.63, 3.8) is 0 Å². The molecule has 0 amide bonds. The molecular weight excluding hydrogens is 400 g/mol. The summed E-state index contributed by atoms with van der Waals surface area (Å²) in [5, 5.41) is 0. The number of hydrogen-bond donors (Lipinski definition) is 0. The number of ether oxygens (including phenoxy) is 3. The highest BCUT2D eigenvalue weighted by Crippen LogP contribution is 2.61. The first-order valence-corrected chi connectivity index (χ1v) is 9.30. The average Bonchev–Trinajstić information content (AvgIpc) is 3.03. The van der Waals surface area contributed by atoms with Crippen LogP contribution in [0.25, 0.3) is 0 Å². The normalized spacial score (nSPS) is 31.1. The molecule has 1 unspecified atom stereocenters. The molecule has 1 aliphatic heterocycles. The summed E-state index contributed by atoms with van der Waals surface area (Å²) < 4.78 is 17.1. The number of carbonyl (C=O) groups is 2. The van der Waals surface area contributed by atoms with Crippen molar-refractivity contribution >= 4 is 27.9 Å². The molecule has 2 aliphatic rings. The minimum Gasteiger partial charge on any atom is -0.468 e. The monoisotopic (exact) mass is 422 g/mol. The summed E-state index contributed by atoms with van der Waals surface area (Å²) in [6.45, 7) is 4.61. The van der Waals surface area contributed by atoms with Gasteiger partial charge in [0.1, 0.15) is 5.92 Å². The van der Waals surface area contributed by atoms with E-state index in [9.17, 15) is 9.59 Å². The summed E-state index contributed by atoms with van der Waals surface area (Å²) in [6.07, 6.45) is 2.08. The maximum Gasteiger partial charge on any atom is 0.333 e. The maximum absolute atomic E-state index is 12.7. The van der Waals surface area contributed by atoms with Crippen molar-refractivity contribution in [3.05, 3.63) is 46.0 Å². The zero-order valence-electron chi connectivity index (χ0n) is 15.4. The summed E-state index contributed by atoms with van der Waals surface area (Å²) in [4.78, 5) is 24.7. The van der Waals surface area contributed by atoms with E-state index in [-0.39, 0.29) is 17.4 Å². The van der Waals surface area contributed by atoms with E-state index in [0.717, 1.165) is 10.0 Å². The zero-order valence-corrected chi connectivity index (χ0v) is 17.0. The largest absolute Gasteiger partial charge is 0.468 e. The lowest BCUT2D eigenvalue weighted by Gasteiger charge is -2.38. The number of fused-ring (bicyclic) bond motifs is 1. The third kappa shape index (κ3) is 2.89. The Labute approximate surface area is 161 Å². The molecule has 0 radical (unpaired) electrons. The summed E-state index contributed by atoms with van der Waals surface area (Å²) in [6, 6.07) is 7.58. The number of rotatable bonds is 4. The van der Waals surface area contributed by atoms with Crippen molar-refractivity contribution in [2.45, 2.75) is 32.3 Å². The second kappa shape index (κ2) is 6.82. The van der Waals surface area contributed by atoms with Gasteiger partial charge >= 0.3 is 11.9 Å². The van der Waals surface area contributed by atoms with Crippen LogP contribution in [0.15, 0.2) is 40.4 Å². The fraction of sp³-hybridized carbons (Fsp3) is 0.500. The van der Waals surface area contributed by atoms with Gasteiger partial charge in [0, 0.05) is 20.9 Å². The van der Waals surface area contributed by atoms with Crippen LogP contribution >= 0.6 is 15.9 Å². The summed E-state index contributed by atoms with van der Waals surface area (Å²) in [5.74, 6) is -1.24. The molecule has 0 bridgehead atoms. The van der Waals surface area contributed by atoms with Crippen LogP contribution < -0.4 is 0 Å². The fourth-order valence-corrected chi connectivity index (χ4v) is 4.48. The Hall–Kier alpha value is -1.66. The number of carbonyl (C=O) groups excluding carboxylic acids is 2. The van der Waals surface area contributed by atoms with Crippen molar-refractivity contribution in [3.8, 4) is 0 Å². The van der Waals surface area contributed by atoms with E-state index in [1.54, 1.807) is 0 Å². The van der Waals surface area contributed by atoms with Gasteiger partial charge in [0.05, 0.1) is 26.9 Å². The van der Waals surface area contributed by atoms with Crippen molar-refractivity contribution in [1.29, 1.82) is 0 Å². The van der Waals surface area contributed by atoms with Crippen LogP contribution in [0.5, 0.6) is 0 Å². The van der Waals surface area contributed by atoms with Crippen LogP contribution in [0.1, 0.15) is 31.7 Å². The van der Waals surface area contributed by atoms with Crippen molar-refractivity contribution in [1.82, 2.24) is 0 Å². The molecule has 4 atom stereocenters. The van der Waals surface area contributed by atoms with Gasteiger partial charge in [-0.05, 0) is 24.1 Å². The van der Waals surface area contributed by atoms with Gasteiger partial charge < -0.3 is 14.2 Å². The van der Waals surface area contributed by atoms with Gasteiger partial charge in [-0.25, -0.2) is 4.79 Å². The highest BCUT2D eigenvalue weighted by molar-refractivity contribution is 9.10. The Kier molecular flexibility index (Phi) is 5.01. The Morgan fingerprint density at radius 1 is 1.19 bits per heavy atom. The molecule has 140 valence electrons. The first kappa shape index (κ1) is 19.1. The molecule has 0 spiro atoms. The fourth-order valence-electron chi connectivity index (χ4n) is 4.21. The van der Waals surface area contributed by atoms with Crippen LogP contribution in [-0.4, -0.2) is 38.9 Å². The first-order valence-electron chi connectivity index (χ1n) is 8.51. The second-order valence-electron chi connectivity index (χ2n) is 7.47. The molecule has 1 aromatic carbocycles. The van der Waals surface area contributed by atoms with E-state index in [2.05, 4.69) is 29.8 Å². The van der Waals surface area contributed by atoms with E-state index in [4.69, 9.17) is 14.2 Å². The molecule has 5 nitrogen and oxygen atoms in total. The smallest absolute Gasteiger partial charge is 0.333 e. The average molecular weight is 423 g/mol. The van der Waals surface area contributed by atoms with Gasteiger partial charge in [-0.2, -0.15) is 0 Å². The summed E-state index contributed by atoms with van der Waals surface area (Å²) >= 11 is 3.42. The minimum absolute atomic E-state index is 0.275. The van der Waals surface area contributed by atoms with Crippen LogP contribution in [0.4, 0.5) is 0 Å². The van der Waals surface area contributed by atoms with Crippen LogP contribution in [0.3, 0.4) is 0 Å². The molecule has 1 fully saturated rings. The number of hydrogen-bond acceptors (Lipinski definition) is 5. The van der Waals surface area contributed by atoms with Gasteiger partial charge in [-0.1, -0.05) is 48.0 Å². The van der Waals surface area contributed by atoms with E-state index < -0.39 is 17.4 Å². The topological polar surface area (TPSA) is 61.8 Å². The second-order valence-corrected chi connectivity index (χ2v) is 8.38. The standard InChI is InChI=1S/C20H23BrO5/c1-19-9-13(17(22)24-3)10-20(19,2)16(26-11-19)15(18(23)25-4)12-5-7-14(21)8-6-12/h5-8,10,15-16H,9,11H2,1-4H3/t15?,16-,19-,20+/m1/s1. The van der Waals surface area contributed by atoms with Gasteiger partial charge in [0.2, 0.25) is 0 Å². The predicted octanol–water partition coefficient (Wildman–Crippen LogP) is 3.62. The zero-order chi connectivity index (χ0) is 19.1. The number of benzene rings is 1. The molecule has 0 aromatic heterocycles. The maximum atomic E-state index is 12.7. The number of halogens is 1. The quantitative estimate of drug-likeness (QED) is 0.693. The molecule has 1 heterocycles.